The summed E-state index contributed by atoms with van der Waals surface area (Å²) in [5.74, 6) is 0. The van der Waals surface area contributed by atoms with Gasteiger partial charge in [0.25, 0.3) is 0 Å². The smallest absolute Gasteiger partial charge is 0.0859 e. The zero-order chi connectivity index (χ0) is 4.28. The maximum atomic E-state index is 7.97. The second-order valence-corrected chi connectivity index (χ2v) is 1.48. The van der Waals surface area contributed by atoms with Gasteiger partial charge in [-0.15, -0.1) is 11.6 Å². The average molecular weight is 93.5 g/mol. The quantitative estimate of drug-likeness (QED) is 0.508. The molecule has 0 spiro atoms. The van der Waals surface area contributed by atoms with E-state index < -0.39 is 0 Å². The van der Waals surface area contributed by atoms with Crippen LogP contribution in [-0.2, 0) is 0 Å². The van der Waals surface area contributed by atoms with Crippen LogP contribution in [0, 0.1) is 5.38 Å². The van der Waals surface area contributed by atoms with Gasteiger partial charge < -0.3 is 5.11 Å². The van der Waals surface area contributed by atoms with Crippen molar-refractivity contribution in [3.05, 3.63) is 5.38 Å². The third kappa shape index (κ3) is 4.25. The van der Waals surface area contributed by atoms with E-state index in [1.54, 1.807) is 6.92 Å². The van der Waals surface area contributed by atoms with E-state index in [4.69, 9.17) is 16.7 Å². The fraction of sp³-hybridized carbons (Fsp3) is 0.667. The Morgan fingerprint density at radius 2 is 2.20 bits per heavy atom. The van der Waals surface area contributed by atoms with Crippen LogP contribution in [0.1, 0.15) is 6.92 Å². The molecule has 0 fully saturated rings. The molecule has 1 radical (unpaired) electrons. The molecular weight excluding hydrogens is 87.5 g/mol. The third-order valence-electron chi connectivity index (χ3n) is 0.218. The normalized spacial score (nSPS) is 9.60. The van der Waals surface area contributed by atoms with Gasteiger partial charge in [-0.2, -0.15) is 0 Å². The van der Waals surface area contributed by atoms with Crippen molar-refractivity contribution >= 4 is 11.6 Å². The summed E-state index contributed by atoms with van der Waals surface area (Å²) in [6.45, 7) is 1.64. The highest BCUT2D eigenvalue weighted by Crippen LogP contribution is 1.98. The van der Waals surface area contributed by atoms with Gasteiger partial charge >= 0.3 is 0 Å². The predicted molar refractivity (Wildman–Crippen MR) is 21.9 cm³/mol. The molecule has 0 saturated carbocycles. The summed E-state index contributed by atoms with van der Waals surface area (Å²) in [5, 5.41) is 8.51. The molecule has 0 aliphatic rings. The minimum absolute atomic E-state index is 0.0123. The second-order valence-electron chi connectivity index (χ2n) is 0.834. The van der Waals surface area contributed by atoms with Crippen LogP contribution >= 0.6 is 11.6 Å². The van der Waals surface area contributed by atoms with E-state index in [-0.39, 0.29) is 6.61 Å². The molecule has 0 amide bonds. The van der Waals surface area contributed by atoms with Gasteiger partial charge in [-0.05, 0) is 6.92 Å². The molecule has 0 bridgehead atoms. The van der Waals surface area contributed by atoms with E-state index in [0.29, 0.717) is 5.38 Å². The van der Waals surface area contributed by atoms with Gasteiger partial charge in [0.2, 0.25) is 0 Å². The van der Waals surface area contributed by atoms with Crippen molar-refractivity contribution in [1.82, 2.24) is 0 Å². The molecule has 0 saturated heterocycles. The van der Waals surface area contributed by atoms with Crippen LogP contribution in [0.5, 0.6) is 0 Å². The molecule has 0 aliphatic heterocycles. The Hall–Kier alpha value is 0.250. The predicted octanol–water partition coefficient (Wildman–Crippen LogP) is 0.769. The fourth-order valence-corrected chi connectivity index (χ4v) is 0. The summed E-state index contributed by atoms with van der Waals surface area (Å²) in [6, 6.07) is 0. The van der Waals surface area contributed by atoms with Crippen LogP contribution in [-0.4, -0.2) is 11.7 Å². The number of aliphatic hydroxyl groups is 1. The summed E-state index contributed by atoms with van der Waals surface area (Å²) in [7, 11) is 0. The third-order valence-corrected chi connectivity index (χ3v) is 0.337. The largest absolute Gasteiger partial charge is 0.394 e. The Balaban J connectivity index is 2.54. The standard InChI is InChI=1S/C3H6ClO/c1-3(4)2-5/h5H,2H2,1H3. The molecule has 0 aliphatic carbocycles. The highest BCUT2D eigenvalue weighted by atomic mass is 35.5. The van der Waals surface area contributed by atoms with Crippen LogP contribution in [0.4, 0.5) is 0 Å². The molecule has 2 heteroatoms. The Morgan fingerprint density at radius 1 is 2.00 bits per heavy atom. The molecule has 31 valence electrons. The second kappa shape index (κ2) is 2.49. The molecule has 0 unspecified atom stereocenters. The lowest BCUT2D eigenvalue weighted by Gasteiger charge is -1.85. The minimum Gasteiger partial charge on any atom is -0.394 e. The highest BCUT2D eigenvalue weighted by Gasteiger charge is 1.86. The molecule has 1 nitrogen and oxygen atoms in total. The maximum Gasteiger partial charge on any atom is 0.0859 e. The molecule has 0 atom stereocenters. The Bertz CT molecular complexity index is 20.9. The summed E-state index contributed by atoms with van der Waals surface area (Å²) in [4.78, 5) is 0. The molecule has 0 rings (SSSR count). The molecule has 0 aromatic heterocycles. The highest BCUT2D eigenvalue weighted by molar-refractivity contribution is 6.26. The Morgan fingerprint density at radius 3 is 2.20 bits per heavy atom. The van der Waals surface area contributed by atoms with Crippen molar-refractivity contribution in [3.63, 3.8) is 0 Å². The van der Waals surface area contributed by atoms with Gasteiger partial charge in [-0.1, -0.05) is 0 Å². The monoisotopic (exact) mass is 93.0 g/mol. The van der Waals surface area contributed by atoms with Crippen molar-refractivity contribution in [2.75, 3.05) is 6.61 Å². The number of rotatable bonds is 1. The van der Waals surface area contributed by atoms with Crippen molar-refractivity contribution in [2.45, 2.75) is 6.92 Å². The van der Waals surface area contributed by atoms with E-state index in [1.807, 2.05) is 0 Å². The van der Waals surface area contributed by atoms with Gasteiger partial charge in [-0.25, -0.2) is 0 Å². The van der Waals surface area contributed by atoms with Gasteiger partial charge in [0.05, 0.1) is 12.0 Å². The number of hydrogen-bond acceptors (Lipinski definition) is 1. The number of aliphatic hydroxyl groups excluding tert-OH is 1. The lowest BCUT2D eigenvalue weighted by molar-refractivity contribution is 0.322. The van der Waals surface area contributed by atoms with Gasteiger partial charge in [0, 0.05) is 0 Å². The van der Waals surface area contributed by atoms with E-state index in [0.717, 1.165) is 0 Å². The topological polar surface area (TPSA) is 20.2 Å². The number of hydrogen-bond donors (Lipinski definition) is 1. The summed E-state index contributed by atoms with van der Waals surface area (Å²) < 4.78 is 0. The van der Waals surface area contributed by atoms with Gasteiger partial charge in [-0.3, -0.25) is 0 Å². The van der Waals surface area contributed by atoms with E-state index >= 15 is 0 Å². The Labute approximate surface area is 36.6 Å². The average Bonchev–Trinajstić information content (AvgIpc) is 1.38. The maximum absolute atomic E-state index is 7.97. The first-order valence-electron chi connectivity index (χ1n) is 1.36. The lowest BCUT2D eigenvalue weighted by Crippen LogP contribution is -1.83. The molecule has 1 N–H and O–H groups in total. The van der Waals surface area contributed by atoms with Crippen LogP contribution in [0.15, 0.2) is 0 Å². The first-order chi connectivity index (χ1) is 2.27. The fourth-order valence-electron chi connectivity index (χ4n) is 0. The SMILES string of the molecule is C[C](Cl)CO. The Kier molecular flexibility index (Phi) is 2.61. The van der Waals surface area contributed by atoms with E-state index in [1.165, 1.54) is 0 Å². The van der Waals surface area contributed by atoms with Crippen LogP contribution in [0.25, 0.3) is 0 Å². The van der Waals surface area contributed by atoms with Crippen LogP contribution in [0.3, 0.4) is 0 Å². The summed E-state index contributed by atoms with van der Waals surface area (Å²) >= 11 is 5.13. The summed E-state index contributed by atoms with van der Waals surface area (Å²) in [5.41, 5.74) is 0. The minimum atomic E-state index is -0.0123. The first-order valence-corrected chi connectivity index (χ1v) is 1.74. The van der Waals surface area contributed by atoms with Crippen molar-refractivity contribution < 1.29 is 5.11 Å². The van der Waals surface area contributed by atoms with Crippen molar-refractivity contribution in [1.29, 1.82) is 0 Å². The zero-order valence-electron chi connectivity index (χ0n) is 3.03. The van der Waals surface area contributed by atoms with Crippen molar-refractivity contribution in [2.24, 2.45) is 0 Å². The molecule has 0 aromatic rings. The summed E-state index contributed by atoms with van der Waals surface area (Å²) in [6.07, 6.45) is 0. The van der Waals surface area contributed by atoms with Crippen LogP contribution < -0.4 is 0 Å². The first kappa shape index (κ1) is 5.25. The van der Waals surface area contributed by atoms with Gasteiger partial charge in [0.1, 0.15) is 0 Å². The van der Waals surface area contributed by atoms with E-state index in [9.17, 15) is 0 Å². The lowest BCUT2D eigenvalue weighted by atomic mass is 10.5. The molecular formula is C3H6ClO. The zero-order valence-corrected chi connectivity index (χ0v) is 3.79. The van der Waals surface area contributed by atoms with Crippen molar-refractivity contribution in [3.8, 4) is 0 Å². The molecule has 5 heavy (non-hydrogen) atoms. The molecule has 0 aromatic carbocycles. The van der Waals surface area contributed by atoms with E-state index in [2.05, 4.69) is 0 Å². The van der Waals surface area contributed by atoms with Gasteiger partial charge in [0.15, 0.2) is 0 Å². The molecule has 0 heterocycles. The van der Waals surface area contributed by atoms with Crippen LogP contribution in [0.2, 0.25) is 0 Å². The number of halogens is 1.